The maximum atomic E-state index is 12.4. The van der Waals surface area contributed by atoms with Crippen molar-refractivity contribution in [3.8, 4) is 0 Å². The van der Waals surface area contributed by atoms with E-state index in [0.717, 1.165) is 4.47 Å². The first-order valence-electron chi connectivity index (χ1n) is 6.78. The molecule has 2 amide bonds. The predicted octanol–water partition coefficient (Wildman–Crippen LogP) is 0.535. The van der Waals surface area contributed by atoms with Crippen molar-refractivity contribution in [2.45, 2.75) is 0 Å². The zero-order valence-electron chi connectivity index (χ0n) is 11.9. The second-order valence-corrected chi connectivity index (χ2v) is 5.83. The Morgan fingerprint density at radius 1 is 1.29 bits per heavy atom. The molecule has 1 heterocycles. The fourth-order valence-electron chi connectivity index (χ4n) is 2.23. The van der Waals surface area contributed by atoms with Gasteiger partial charge in [-0.2, -0.15) is 0 Å². The average molecular weight is 355 g/mol. The van der Waals surface area contributed by atoms with Crippen LogP contribution in [0.1, 0.15) is 10.4 Å². The second kappa shape index (κ2) is 6.91. The van der Waals surface area contributed by atoms with E-state index < -0.39 is 0 Å². The van der Waals surface area contributed by atoms with E-state index in [9.17, 15) is 9.59 Å². The summed E-state index contributed by atoms with van der Waals surface area (Å²) in [5.74, 6) is -0.00691. The molecular weight excluding hydrogens is 336 g/mol. The number of benzene rings is 1. The summed E-state index contributed by atoms with van der Waals surface area (Å²) in [6, 6.07) is 5.20. The van der Waals surface area contributed by atoms with Gasteiger partial charge in [-0.25, -0.2) is 0 Å². The molecule has 1 aromatic rings. The van der Waals surface area contributed by atoms with E-state index in [-0.39, 0.29) is 11.8 Å². The van der Waals surface area contributed by atoms with E-state index >= 15 is 0 Å². The number of nitrogen functional groups attached to an aromatic ring is 1. The lowest BCUT2D eigenvalue weighted by Crippen LogP contribution is -2.50. The van der Waals surface area contributed by atoms with Gasteiger partial charge in [-0.1, -0.05) is 0 Å². The minimum atomic E-state index is -0.00436. The molecule has 0 bridgehead atoms. The van der Waals surface area contributed by atoms with Crippen LogP contribution in [0, 0.1) is 0 Å². The molecule has 1 saturated heterocycles. The van der Waals surface area contributed by atoms with Crippen LogP contribution in [0.15, 0.2) is 22.7 Å². The van der Waals surface area contributed by atoms with Gasteiger partial charge in [0.05, 0.1) is 6.54 Å². The molecule has 0 aliphatic carbocycles. The molecule has 1 aromatic carbocycles. The number of nitrogens with two attached hydrogens (primary N) is 1. The van der Waals surface area contributed by atoms with Crippen LogP contribution >= 0.6 is 15.9 Å². The maximum absolute atomic E-state index is 12.4. The number of amides is 2. The Hall–Kier alpha value is -1.60. The predicted molar refractivity (Wildman–Crippen MR) is 85.0 cm³/mol. The van der Waals surface area contributed by atoms with Crippen LogP contribution in [0.4, 0.5) is 5.69 Å². The Bertz CT molecular complexity index is 542. The second-order valence-electron chi connectivity index (χ2n) is 4.98. The molecular formula is C14H19BrN4O2. The molecule has 1 aliphatic rings. The van der Waals surface area contributed by atoms with Crippen molar-refractivity contribution in [1.29, 1.82) is 0 Å². The molecule has 0 unspecified atom stereocenters. The van der Waals surface area contributed by atoms with Crippen LogP contribution in [-0.2, 0) is 4.79 Å². The molecule has 1 fully saturated rings. The normalized spacial score (nSPS) is 15.8. The van der Waals surface area contributed by atoms with Gasteiger partial charge in [-0.15, -0.1) is 0 Å². The highest BCUT2D eigenvalue weighted by Gasteiger charge is 2.23. The number of carbonyl (C=O) groups is 2. The molecule has 7 heteroatoms. The SMILES string of the molecule is CNC(=O)CN1CCN(C(=O)c2ccc(N)c(Br)c2)CC1. The zero-order chi connectivity index (χ0) is 15.4. The van der Waals surface area contributed by atoms with Crippen LogP contribution in [0.5, 0.6) is 0 Å². The van der Waals surface area contributed by atoms with Crippen molar-refractivity contribution < 1.29 is 9.59 Å². The molecule has 3 N–H and O–H groups in total. The number of anilines is 1. The standard InChI is InChI=1S/C14H19BrN4O2/c1-17-13(20)9-18-4-6-19(7-5-18)14(21)10-2-3-12(16)11(15)8-10/h2-3,8H,4-7,9,16H2,1H3,(H,17,20). The molecule has 0 atom stereocenters. The number of nitrogens with one attached hydrogen (secondary N) is 1. The summed E-state index contributed by atoms with van der Waals surface area (Å²) in [7, 11) is 1.63. The molecule has 21 heavy (non-hydrogen) atoms. The summed E-state index contributed by atoms with van der Waals surface area (Å²) < 4.78 is 0.728. The van der Waals surface area contributed by atoms with Gasteiger partial charge in [0.25, 0.3) is 5.91 Å². The number of nitrogens with zero attached hydrogens (tertiary/aromatic N) is 2. The van der Waals surface area contributed by atoms with Gasteiger partial charge >= 0.3 is 0 Å². The summed E-state index contributed by atoms with van der Waals surface area (Å²) in [6.07, 6.45) is 0. The Balaban J connectivity index is 1.93. The van der Waals surface area contributed by atoms with Crippen LogP contribution in [-0.4, -0.2) is 61.4 Å². The minimum Gasteiger partial charge on any atom is -0.398 e. The summed E-state index contributed by atoms with van der Waals surface area (Å²) >= 11 is 3.33. The van der Waals surface area contributed by atoms with Crippen molar-refractivity contribution in [3.63, 3.8) is 0 Å². The highest BCUT2D eigenvalue weighted by Crippen LogP contribution is 2.21. The number of hydrogen-bond acceptors (Lipinski definition) is 4. The Morgan fingerprint density at radius 3 is 2.52 bits per heavy atom. The van der Waals surface area contributed by atoms with E-state index in [2.05, 4.69) is 21.2 Å². The monoisotopic (exact) mass is 354 g/mol. The zero-order valence-corrected chi connectivity index (χ0v) is 13.5. The number of hydrogen-bond donors (Lipinski definition) is 2. The van der Waals surface area contributed by atoms with Crippen molar-refractivity contribution in [3.05, 3.63) is 28.2 Å². The molecule has 0 radical (unpaired) electrons. The van der Waals surface area contributed by atoms with Gasteiger partial charge in [0.1, 0.15) is 0 Å². The third-order valence-corrected chi connectivity index (χ3v) is 4.24. The molecule has 114 valence electrons. The first kappa shape index (κ1) is 15.8. The summed E-state index contributed by atoms with van der Waals surface area (Å²) in [6.45, 7) is 3.03. The molecule has 0 saturated carbocycles. The van der Waals surface area contributed by atoms with Crippen molar-refractivity contribution in [2.24, 2.45) is 0 Å². The number of rotatable bonds is 3. The lowest BCUT2D eigenvalue weighted by atomic mass is 10.1. The summed E-state index contributed by atoms with van der Waals surface area (Å²) in [4.78, 5) is 27.6. The van der Waals surface area contributed by atoms with E-state index in [1.165, 1.54) is 0 Å². The summed E-state index contributed by atoms with van der Waals surface area (Å²) in [5.41, 5.74) is 6.96. The first-order chi connectivity index (χ1) is 10.0. The Morgan fingerprint density at radius 2 is 1.95 bits per heavy atom. The van der Waals surface area contributed by atoms with E-state index in [4.69, 9.17) is 5.73 Å². The molecule has 0 aromatic heterocycles. The van der Waals surface area contributed by atoms with Gasteiger partial charge in [-0.05, 0) is 34.1 Å². The van der Waals surface area contributed by atoms with Gasteiger partial charge < -0.3 is 16.0 Å². The van der Waals surface area contributed by atoms with Crippen LogP contribution in [0.3, 0.4) is 0 Å². The van der Waals surface area contributed by atoms with Gasteiger partial charge in [0, 0.05) is 49.0 Å². The number of halogens is 1. The van der Waals surface area contributed by atoms with Crippen LogP contribution < -0.4 is 11.1 Å². The van der Waals surface area contributed by atoms with E-state index in [1.54, 1.807) is 30.1 Å². The fourth-order valence-corrected chi connectivity index (χ4v) is 2.61. The highest BCUT2D eigenvalue weighted by atomic mass is 79.9. The Kier molecular flexibility index (Phi) is 5.19. The smallest absolute Gasteiger partial charge is 0.253 e. The van der Waals surface area contributed by atoms with Crippen LogP contribution in [0.2, 0.25) is 0 Å². The van der Waals surface area contributed by atoms with Gasteiger partial charge in [0.15, 0.2) is 0 Å². The number of likely N-dealkylation sites (N-methyl/N-ethyl adjacent to an activating group) is 1. The van der Waals surface area contributed by atoms with Crippen molar-refractivity contribution in [1.82, 2.24) is 15.1 Å². The van der Waals surface area contributed by atoms with E-state index in [1.807, 2.05) is 4.90 Å². The maximum Gasteiger partial charge on any atom is 0.253 e. The Labute approximate surface area is 132 Å². The lowest BCUT2D eigenvalue weighted by Gasteiger charge is -2.34. The topological polar surface area (TPSA) is 78.7 Å². The average Bonchev–Trinajstić information content (AvgIpc) is 2.50. The third-order valence-electron chi connectivity index (χ3n) is 3.55. The largest absolute Gasteiger partial charge is 0.398 e. The fraction of sp³-hybridized carbons (Fsp3) is 0.429. The first-order valence-corrected chi connectivity index (χ1v) is 7.58. The minimum absolute atomic E-state index is 0.00255. The lowest BCUT2D eigenvalue weighted by molar-refractivity contribution is -0.122. The molecule has 6 nitrogen and oxygen atoms in total. The number of carbonyl (C=O) groups excluding carboxylic acids is 2. The quantitative estimate of drug-likeness (QED) is 0.776. The third kappa shape index (κ3) is 3.95. The highest BCUT2D eigenvalue weighted by molar-refractivity contribution is 9.10. The van der Waals surface area contributed by atoms with Gasteiger partial charge in [0.2, 0.25) is 5.91 Å². The van der Waals surface area contributed by atoms with Gasteiger partial charge in [-0.3, -0.25) is 14.5 Å². The van der Waals surface area contributed by atoms with Crippen molar-refractivity contribution >= 4 is 33.4 Å². The summed E-state index contributed by atoms with van der Waals surface area (Å²) in [5, 5.41) is 2.61. The number of piperazine rings is 1. The molecule has 0 spiro atoms. The van der Waals surface area contributed by atoms with Crippen LogP contribution in [0.25, 0.3) is 0 Å². The van der Waals surface area contributed by atoms with Crippen molar-refractivity contribution in [2.75, 3.05) is 45.5 Å². The molecule has 1 aliphatic heterocycles. The molecule has 2 rings (SSSR count). The van der Waals surface area contributed by atoms with E-state index in [0.29, 0.717) is 44.0 Å².